The highest BCUT2D eigenvalue weighted by molar-refractivity contribution is 5.35. The molecule has 0 aromatic heterocycles. The fourth-order valence-electron chi connectivity index (χ4n) is 3.75. The van der Waals surface area contributed by atoms with Crippen LogP contribution in [0.25, 0.3) is 0 Å². The first kappa shape index (κ1) is 22.2. The number of methoxy groups -OCH3 is 1. The summed E-state index contributed by atoms with van der Waals surface area (Å²) >= 11 is 0. The zero-order chi connectivity index (χ0) is 21.5. The van der Waals surface area contributed by atoms with Crippen LogP contribution in [0.15, 0.2) is 43.0 Å². The molecule has 2 aromatic carbocycles. The Hall–Kier alpha value is -2.47. The third kappa shape index (κ3) is 5.36. The Kier molecular flexibility index (Phi) is 7.80. The van der Waals surface area contributed by atoms with Crippen LogP contribution < -0.4 is 9.47 Å². The maximum atomic E-state index is 14.6. The molecule has 0 atom stereocenters. The van der Waals surface area contributed by atoms with E-state index in [-0.39, 0.29) is 31.3 Å². The van der Waals surface area contributed by atoms with Gasteiger partial charge in [-0.1, -0.05) is 18.2 Å². The topological polar surface area (TPSA) is 27.7 Å². The lowest BCUT2D eigenvalue weighted by atomic mass is 9.78. The number of halogens is 3. The summed E-state index contributed by atoms with van der Waals surface area (Å²) in [5, 5.41) is 0. The van der Waals surface area contributed by atoms with Crippen molar-refractivity contribution in [3.63, 3.8) is 0 Å². The van der Waals surface area contributed by atoms with Crippen LogP contribution in [-0.2, 0) is 11.3 Å². The molecule has 3 nitrogen and oxygen atoms in total. The summed E-state index contributed by atoms with van der Waals surface area (Å²) in [5.74, 6) is -2.35. The number of allylic oxidation sites excluding steroid dienone is 1. The van der Waals surface area contributed by atoms with Gasteiger partial charge in [-0.15, -0.1) is 6.58 Å². The van der Waals surface area contributed by atoms with Crippen LogP contribution in [0.5, 0.6) is 11.5 Å². The zero-order valence-electron chi connectivity index (χ0n) is 17.1. The molecule has 0 radical (unpaired) electrons. The second kappa shape index (κ2) is 10.5. The molecule has 0 N–H and O–H groups in total. The van der Waals surface area contributed by atoms with E-state index in [9.17, 15) is 13.2 Å². The molecular weight excluding hydrogens is 393 g/mol. The maximum absolute atomic E-state index is 14.6. The van der Waals surface area contributed by atoms with Gasteiger partial charge in [0.1, 0.15) is 19.0 Å². The Balaban J connectivity index is 1.62. The van der Waals surface area contributed by atoms with Crippen LogP contribution >= 0.6 is 0 Å². The summed E-state index contributed by atoms with van der Waals surface area (Å²) in [6, 6.07) is 7.62. The van der Waals surface area contributed by atoms with E-state index >= 15 is 0 Å². The molecule has 0 saturated heterocycles. The molecule has 30 heavy (non-hydrogen) atoms. The van der Waals surface area contributed by atoms with Crippen LogP contribution in [0.2, 0.25) is 0 Å². The van der Waals surface area contributed by atoms with Gasteiger partial charge >= 0.3 is 0 Å². The van der Waals surface area contributed by atoms with Crippen molar-refractivity contribution in [3.8, 4) is 11.5 Å². The van der Waals surface area contributed by atoms with Crippen molar-refractivity contribution in [1.82, 2.24) is 0 Å². The molecular formula is C24H27F3O3. The van der Waals surface area contributed by atoms with E-state index in [0.29, 0.717) is 17.4 Å². The fourth-order valence-corrected chi connectivity index (χ4v) is 3.75. The molecule has 0 aliphatic heterocycles. The fraction of sp³-hybridized carbons (Fsp3) is 0.417. The first-order valence-corrected chi connectivity index (χ1v) is 10.2. The van der Waals surface area contributed by atoms with E-state index in [1.807, 2.05) is 12.1 Å². The average Bonchev–Trinajstić information content (AvgIpc) is 2.77. The van der Waals surface area contributed by atoms with Gasteiger partial charge in [-0.3, -0.25) is 0 Å². The molecule has 0 bridgehead atoms. The lowest BCUT2D eigenvalue weighted by Gasteiger charge is -2.27. The van der Waals surface area contributed by atoms with Gasteiger partial charge in [0.15, 0.2) is 11.5 Å². The largest absolute Gasteiger partial charge is 0.488 e. The summed E-state index contributed by atoms with van der Waals surface area (Å²) in [6.07, 6.45) is 6.15. The third-order valence-corrected chi connectivity index (χ3v) is 5.59. The number of benzene rings is 2. The van der Waals surface area contributed by atoms with Crippen molar-refractivity contribution in [2.75, 3.05) is 20.3 Å². The van der Waals surface area contributed by atoms with Crippen molar-refractivity contribution >= 4 is 0 Å². The first-order valence-electron chi connectivity index (χ1n) is 10.2. The number of rotatable bonds is 9. The van der Waals surface area contributed by atoms with Gasteiger partial charge in [0.05, 0.1) is 6.61 Å². The summed E-state index contributed by atoms with van der Waals surface area (Å²) in [5.41, 5.74) is 1.26. The Bertz CT molecular complexity index is 861. The van der Waals surface area contributed by atoms with Gasteiger partial charge in [-0.05, 0) is 61.3 Å². The van der Waals surface area contributed by atoms with Crippen LogP contribution in [0, 0.1) is 23.4 Å². The lowest BCUT2D eigenvalue weighted by molar-refractivity contribution is 0.143. The summed E-state index contributed by atoms with van der Waals surface area (Å²) in [7, 11) is 1.48. The molecule has 6 heteroatoms. The van der Waals surface area contributed by atoms with Crippen LogP contribution in [-0.4, -0.2) is 20.3 Å². The first-order chi connectivity index (χ1) is 14.5. The maximum Gasteiger partial charge on any atom is 0.204 e. The van der Waals surface area contributed by atoms with Crippen LogP contribution in [0.4, 0.5) is 13.2 Å². The van der Waals surface area contributed by atoms with Gasteiger partial charge in [0.2, 0.25) is 11.6 Å². The van der Waals surface area contributed by atoms with E-state index in [1.165, 1.54) is 25.3 Å². The molecule has 1 saturated carbocycles. The van der Waals surface area contributed by atoms with Gasteiger partial charge in [0, 0.05) is 12.7 Å². The van der Waals surface area contributed by atoms with E-state index in [2.05, 4.69) is 6.58 Å². The SMILES string of the molecule is C=CC1CCC(c2ccc(COc3ccc(OCCOC)c(F)c3F)c(F)c2)CC1. The molecule has 162 valence electrons. The van der Waals surface area contributed by atoms with Gasteiger partial charge in [-0.2, -0.15) is 8.78 Å². The predicted molar refractivity (Wildman–Crippen MR) is 109 cm³/mol. The monoisotopic (exact) mass is 420 g/mol. The van der Waals surface area contributed by atoms with Crippen molar-refractivity contribution in [1.29, 1.82) is 0 Å². The van der Waals surface area contributed by atoms with E-state index < -0.39 is 17.5 Å². The zero-order valence-corrected chi connectivity index (χ0v) is 17.1. The van der Waals surface area contributed by atoms with Crippen molar-refractivity contribution in [3.05, 3.63) is 71.6 Å². The average molecular weight is 420 g/mol. The second-order valence-corrected chi connectivity index (χ2v) is 7.52. The lowest BCUT2D eigenvalue weighted by Crippen LogP contribution is -2.12. The van der Waals surface area contributed by atoms with Crippen molar-refractivity contribution < 1.29 is 27.4 Å². The molecule has 1 aliphatic carbocycles. The summed E-state index contributed by atoms with van der Waals surface area (Å²) < 4.78 is 58.2. The minimum atomic E-state index is -1.17. The Morgan fingerprint density at radius 3 is 2.20 bits per heavy atom. The summed E-state index contributed by atoms with van der Waals surface area (Å²) in [6.45, 7) is 4.00. The third-order valence-electron chi connectivity index (χ3n) is 5.59. The van der Waals surface area contributed by atoms with Crippen LogP contribution in [0.3, 0.4) is 0 Å². The smallest absolute Gasteiger partial charge is 0.204 e. The van der Waals surface area contributed by atoms with Gasteiger partial charge in [-0.25, -0.2) is 4.39 Å². The molecule has 2 aromatic rings. The normalized spacial score (nSPS) is 18.8. The molecule has 3 rings (SSSR count). The highest BCUT2D eigenvalue weighted by atomic mass is 19.2. The quantitative estimate of drug-likeness (QED) is 0.359. The standard InChI is InChI=1S/C24H27F3O3/c1-3-16-4-6-17(7-5-16)18-8-9-19(20(25)14-18)15-30-22-11-10-21(23(26)24(22)27)29-13-12-28-2/h3,8-11,14,16-17H,1,4-7,12-13,15H2,2H3. The highest BCUT2D eigenvalue weighted by Crippen LogP contribution is 2.36. The van der Waals surface area contributed by atoms with Crippen LogP contribution in [0.1, 0.15) is 42.7 Å². The van der Waals surface area contributed by atoms with Gasteiger partial charge in [0.25, 0.3) is 0 Å². The molecule has 0 amide bonds. The minimum absolute atomic E-state index is 0.0971. The van der Waals surface area contributed by atoms with E-state index in [1.54, 1.807) is 6.07 Å². The molecule has 1 fully saturated rings. The van der Waals surface area contributed by atoms with Crippen molar-refractivity contribution in [2.24, 2.45) is 5.92 Å². The molecule has 0 spiro atoms. The highest BCUT2D eigenvalue weighted by Gasteiger charge is 2.22. The Morgan fingerprint density at radius 1 is 0.933 bits per heavy atom. The van der Waals surface area contributed by atoms with Crippen molar-refractivity contribution in [2.45, 2.75) is 38.2 Å². The molecule has 1 aliphatic rings. The predicted octanol–water partition coefficient (Wildman–Crippen LogP) is 6.17. The van der Waals surface area contributed by atoms with Gasteiger partial charge < -0.3 is 14.2 Å². The Labute approximate surface area is 175 Å². The van der Waals surface area contributed by atoms with E-state index in [0.717, 1.165) is 31.2 Å². The van der Waals surface area contributed by atoms with E-state index in [4.69, 9.17) is 14.2 Å². The molecule has 0 unspecified atom stereocenters. The summed E-state index contributed by atoms with van der Waals surface area (Å²) in [4.78, 5) is 0. The number of hydrogen-bond donors (Lipinski definition) is 0. The second-order valence-electron chi connectivity index (χ2n) is 7.52. The number of ether oxygens (including phenoxy) is 3. The number of hydrogen-bond acceptors (Lipinski definition) is 3. The minimum Gasteiger partial charge on any atom is -0.488 e. The Morgan fingerprint density at radius 2 is 1.60 bits per heavy atom. The molecule has 0 heterocycles.